The Morgan fingerprint density at radius 1 is 1.31 bits per heavy atom. The highest BCUT2D eigenvalue weighted by Gasteiger charge is 2.28. The summed E-state index contributed by atoms with van der Waals surface area (Å²) in [6.45, 7) is 0.740. The number of aromatic nitrogens is 2. The van der Waals surface area contributed by atoms with E-state index in [1.54, 1.807) is 48.2 Å². The molecule has 1 aliphatic heterocycles. The van der Waals surface area contributed by atoms with Crippen LogP contribution in [0.2, 0.25) is 5.02 Å². The molecule has 8 heteroatoms. The number of benzene rings is 2. The molecule has 1 N–H and O–H groups in total. The van der Waals surface area contributed by atoms with E-state index in [-0.39, 0.29) is 5.69 Å². The maximum atomic E-state index is 11.4. The van der Waals surface area contributed by atoms with Crippen molar-refractivity contribution in [3.63, 3.8) is 0 Å². The highest BCUT2D eigenvalue weighted by atomic mass is 35.5. The molecule has 1 aromatic heterocycles. The van der Waals surface area contributed by atoms with E-state index in [1.165, 1.54) is 6.07 Å². The fourth-order valence-corrected chi connectivity index (χ4v) is 3.40. The molecule has 0 amide bonds. The average Bonchev–Trinajstić information content (AvgIpc) is 3.24. The van der Waals surface area contributed by atoms with Gasteiger partial charge in [0.25, 0.3) is 5.69 Å². The molecule has 0 saturated heterocycles. The number of ether oxygens (including phenoxy) is 1. The second-order valence-electron chi connectivity index (χ2n) is 5.85. The summed E-state index contributed by atoms with van der Waals surface area (Å²) in [7, 11) is 1.59. The second-order valence-corrected chi connectivity index (χ2v) is 6.29. The number of nitro groups is 1. The zero-order valence-electron chi connectivity index (χ0n) is 13.9. The first kappa shape index (κ1) is 16.4. The normalized spacial score (nSPS) is 12.5. The summed E-state index contributed by atoms with van der Waals surface area (Å²) >= 11 is 6.17. The zero-order chi connectivity index (χ0) is 18.3. The Morgan fingerprint density at radius 2 is 2.12 bits per heavy atom. The molecule has 132 valence electrons. The fraction of sp³-hybridized carbons (Fsp3) is 0.167. The average molecular weight is 371 g/mol. The van der Waals surface area contributed by atoms with E-state index in [0.29, 0.717) is 22.2 Å². The maximum Gasteiger partial charge on any atom is 0.294 e. The van der Waals surface area contributed by atoms with Crippen LogP contribution >= 0.6 is 11.6 Å². The van der Waals surface area contributed by atoms with Crippen molar-refractivity contribution >= 4 is 23.1 Å². The number of hydrogen-bond acceptors (Lipinski definition) is 5. The molecule has 1 aliphatic rings. The van der Waals surface area contributed by atoms with Gasteiger partial charge in [0.1, 0.15) is 22.9 Å². The van der Waals surface area contributed by atoms with Crippen LogP contribution in [0.1, 0.15) is 5.56 Å². The first-order chi connectivity index (χ1) is 12.6. The minimum Gasteiger partial charge on any atom is -0.496 e. The lowest BCUT2D eigenvalue weighted by atomic mass is 10.1. The molecule has 0 saturated carbocycles. The Hall–Kier alpha value is -3.06. The van der Waals surface area contributed by atoms with Gasteiger partial charge in [-0.15, -0.1) is 0 Å². The van der Waals surface area contributed by atoms with E-state index < -0.39 is 4.92 Å². The molecule has 0 spiro atoms. The van der Waals surface area contributed by atoms with E-state index in [9.17, 15) is 10.1 Å². The van der Waals surface area contributed by atoms with E-state index in [1.807, 2.05) is 0 Å². The lowest BCUT2D eigenvalue weighted by Crippen LogP contribution is -2.06. The van der Waals surface area contributed by atoms with Crippen LogP contribution in [-0.2, 0) is 6.42 Å². The molecule has 7 nitrogen and oxygen atoms in total. The third kappa shape index (κ3) is 2.57. The predicted octanol–water partition coefficient (Wildman–Crippen LogP) is 4.08. The first-order valence-electron chi connectivity index (χ1n) is 8.03. The van der Waals surface area contributed by atoms with Crippen LogP contribution in [0.25, 0.3) is 16.9 Å². The molecule has 3 aromatic rings. The molecule has 4 rings (SSSR count). The molecular weight excluding hydrogens is 356 g/mol. The van der Waals surface area contributed by atoms with Crippen LogP contribution in [0, 0.1) is 10.1 Å². The lowest BCUT2D eigenvalue weighted by molar-refractivity contribution is -0.384. The van der Waals surface area contributed by atoms with Crippen molar-refractivity contribution in [1.29, 1.82) is 0 Å². The summed E-state index contributed by atoms with van der Waals surface area (Å²) in [5, 5.41) is 19.9. The predicted molar refractivity (Wildman–Crippen MR) is 99.4 cm³/mol. The summed E-state index contributed by atoms with van der Waals surface area (Å²) in [6.07, 6.45) is 0.765. The molecule has 26 heavy (non-hydrogen) atoms. The first-order valence-corrected chi connectivity index (χ1v) is 8.41. The van der Waals surface area contributed by atoms with Crippen LogP contribution in [0.15, 0.2) is 42.5 Å². The summed E-state index contributed by atoms with van der Waals surface area (Å²) in [6, 6.07) is 11.9. The zero-order valence-corrected chi connectivity index (χ0v) is 14.7. The Morgan fingerprint density at radius 3 is 2.88 bits per heavy atom. The highest BCUT2D eigenvalue weighted by molar-refractivity contribution is 6.31. The number of nitro benzene ring substituents is 1. The van der Waals surface area contributed by atoms with Gasteiger partial charge in [0.2, 0.25) is 0 Å². The second kappa shape index (κ2) is 6.34. The van der Waals surface area contributed by atoms with E-state index in [4.69, 9.17) is 16.3 Å². The SMILES string of the molecule is COc1ccc(Cl)cc1-c1nn(-c2ccccc2[N+](=O)[O-])c2c1CCN2. The summed E-state index contributed by atoms with van der Waals surface area (Å²) in [5.74, 6) is 1.41. The Kier molecular flexibility index (Phi) is 4.00. The topological polar surface area (TPSA) is 82.2 Å². The van der Waals surface area contributed by atoms with E-state index >= 15 is 0 Å². The van der Waals surface area contributed by atoms with Crippen molar-refractivity contribution in [3.8, 4) is 22.7 Å². The minimum atomic E-state index is -0.405. The highest BCUT2D eigenvalue weighted by Crippen LogP contribution is 2.40. The van der Waals surface area contributed by atoms with Gasteiger partial charge in [0.05, 0.1) is 12.0 Å². The number of nitrogens with one attached hydrogen (secondary N) is 1. The minimum absolute atomic E-state index is 0.00360. The number of fused-ring (bicyclic) bond motifs is 1. The van der Waals surface area contributed by atoms with Gasteiger partial charge in [0, 0.05) is 28.8 Å². The van der Waals surface area contributed by atoms with Gasteiger partial charge in [-0.2, -0.15) is 5.10 Å². The summed E-state index contributed by atoms with van der Waals surface area (Å²) in [4.78, 5) is 11.0. The summed E-state index contributed by atoms with van der Waals surface area (Å²) in [5.41, 5.74) is 2.87. The number of hydrogen-bond donors (Lipinski definition) is 1. The van der Waals surface area contributed by atoms with Crippen molar-refractivity contribution in [2.75, 3.05) is 19.0 Å². The number of anilines is 1. The van der Waals surface area contributed by atoms with Crippen LogP contribution in [-0.4, -0.2) is 28.4 Å². The Balaban J connectivity index is 1.96. The molecule has 0 radical (unpaired) electrons. The molecular formula is C18H15ClN4O3. The Labute approximate surface area is 154 Å². The third-order valence-corrected chi connectivity index (χ3v) is 4.61. The number of methoxy groups -OCH3 is 1. The van der Waals surface area contributed by atoms with Crippen molar-refractivity contribution in [1.82, 2.24) is 9.78 Å². The lowest BCUT2D eigenvalue weighted by Gasteiger charge is -2.08. The van der Waals surface area contributed by atoms with Crippen molar-refractivity contribution in [2.24, 2.45) is 0 Å². The van der Waals surface area contributed by atoms with Gasteiger partial charge in [-0.25, -0.2) is 4.68 Å². The number of para-hydroxylation sites is 2. The molecule has 0 fully saturated rings. The van der Waals surface area contributed by atoms with Crippen molar-refractivity contribution in [3.05, 3.63) is 63.2 Å². The number of nitrogens with zero attached hydrogens (tertiary/aromatic N) is 3. The van der Waals surface area contributed by atoms with Gasteiger partial charge in [-0.1, -0.05) is 23.7 Å². The molecule has 0 atom stereocenters. The van der Waals surface area contributed by atoms with Gasteiger partial charge in [-0.05, 0) is 30.7 Å². The molecule has 0 aliphatic carbocycles. The third-order valence-electron chi connectivity index (χ3n) is 4.37. The Bertz CT molecular complexity index is 1020. The van der Waals surface area contributed by atoms with Gasteiger partial charge < -0.3 is 10.1 Å². The van der Waals surface area contributed by atoms with E-state index in [2.05, 4.69) is 10.4 Å². The molecule has 2 aromatic carbocycles. The number of halogens is 1. The van der Waals surface area contributed by atoms with Gasteiger partial charge >= 0.3 is 0 Å². The standard InChI is InChI=1S/C18H15ClN4O3/c1-26-16-7-6-11(19)10-13(16)17-12-8-9-20-18(12)22(21-17)14-4-2-3-5-15(14)23(24)25/h2-7,10,20H,8-9H2,1H3. The monoisotopic (exact) mass is 370 g/mol. The van der Waals surface area contributed by atoms with Crippen molar-refractivity contribution in [2.45, 2.75) is 6.42 Å². The maximum absolute atomic E-state index is 11.4. The largest absolute Gasteiger partial charge is 0.496 e. The van der Waals surface area contributed by atoms with Gasteiger partial charge in [0.15, 0.2) is 0 Å². The quantitative estimate of drug-likeness (QED) is 0.552. The molecule has 2 heterocycles. The smallest absolute Gasteiger partial charge is 0.294 e. The van der Waals surface area contributed by atoms with E-state index in [0.717, 1.165) is 29.9 Å². The molecule has 0 unspecified atom stereocenters. The fourth-order valence-electron chi connectivity index (χ4n) is 3.23. The van der Waals surface area contributed by atoms with Crippen LogP contribution in [0.3, 0.4) is 0 Å². The van der Waals surface area contributed by atoms with Gasteiger partial charge in [-0.3, -0.25) is 10.1 Å². The van der Waals surface area contributed by atoms with Crippen LogP contribution in [0.4, 0.5) is 11.5 Å². The molecule has 0 bridgehead atoms. The number of rotatable bonds is 4. The van der Waals surface area contributed by atoms with Crippen molar-refractivity contribution < 1.29 is 9.66 Å². The summed E-state index contributed by atoms with van der Waals surface area (Å²) < 4.78 is 7.05. The van der Waals surface area contributed by atoms with Crippen LogP contribution < -0.4 is 10.1 Å². The van der Waals surface area contributed by atoms with Crippen LogP contribution in [0.5, 0.6) is 5.75 Å².